The summed E-state index contributed by atoms with van der Waals surface area (Å²) >= 11 is 6.06. The van der Waals surface area contributed by atoms with E-state index < -0.39 is 5.60 Å². The fourth-order valence-electron chi connectivity index (χ4n) is 2.03. The molecule has 1 amide bonds. The number of halogens is 1. The van der Waals surface area contributed by atoms with Crippen LogP contribution in [0.2, 0.25) is 5.02 Å². The lowest BCUT2D eigenvalue weighted by Gasteiger charge is -2.27. The number of carbonyl (C=O) groups excluding carboxylic acids is 1. The standard InChI is InChI=1S/C16H24ClNO3/c1-5-6-7-10-16(2,21-4)15(19)18-12-8-9-14(20-3)13(17)11-12/h8-9,11H,5-7,10H2,1-4H3,(H,18,19). The van der Waals surface area contributed by atoms with Crippen LogP contribution in [0.3, 0.4) is 0 Å². The average molecular weight is 314 g/mol. The minimum absolute atomic E-state index is 0.165. The van der Waals surface area contributed by atoms with Gasteiger partial charge in [0, 0.05) is 12.8 Å². The molecule has 0 aliphatic heterocycles. The number of carbonyl (C=O) groups is 1. The van der Waals surface area contributed by atoms with Crippen molar-refractivity contribution in [2.45, 2.75) is 45.1 Å². The van der Waals surface area contributed by atoms with Crippen LogP contribution in [0.4, 0.5) is 5.69 Å². The number of unbranched alkanes of at least 4 members (excludes halogenated alkanes) is 2. The molecule has 1 aromatic carbocycles. The van der Waals surface area contributed by atoms with E-state index >= 15 is 0 Å². The summed E-state index contributed by atoms with van der Waals surface area (Å²) in [5.41, 5.74) is -0.203. The van der Waals surface area contributed by atoms with Gasteiger partial charge in [-0.1, -0.05) is 37.8 Å². The molecule has 0 heterocycles. The number of hydrogen-bond acceptors (Lipinski definition) is 3. The predicted octanol–water partition coefficient (Wildman–Crippen LogP) is 4.27. The normalized spacial score (nSPS) is 13.6. The number of nitrogens with one attached hydrogen (secondary N) is 1. The number of methoxy groups -OCH3 is 2. The summed E-state index contributed by atoms with van der Waals surface area (Å²) in [4.78, 5) is 12.4. The largest absolute Gasteiger partial charge is 0.495 e. The van der Waals surface area contributed by atoms with Crippen LogP contribution < -0.4 is 10.1 Å². The molecule has 0 radical (unpaired) electrons. The average Bonchev–Trinajstić information content (AvgIpc) is 2.47. The summed E-state index contributed by atoms with van der Waals surface area (Å²) in [5, 5.41) is 3.31. The van der Waals surface area contributed by atoms with Gasteiger partial charge in [-0.2, -0.15) is 0 Å². The summed E-state index contributed by atoms with van der Waals surface area (Å²) in [5.74, 6) is 0.412. The molecule has 0 spiro atoms. The first-order chi connectivity index (χ1) is 9.96. The van der Waals surface area contributed by atoms with Gasteiger partial charge in [0.05, 0.1) is 12.1 Å². The maximum Gasteiger partial charge on any atom is 0.256 e. The van der Waals surface area contributed by atoms with Gasteiger partial charge in [0.1, 0.15) is 11.4 Å². The summed E-state index contributed by atoms with van der Waals surface area (Å²) in [6.45, 7) is 3.94. The van der Waals surface area contributed by atoms with Crippen LogP contribution in [-0.2, 0) is 9.53 Å². The van der Waals surface area contributed by atoms with Gasteiger partial charge in [0.25, 0.3) is 5.91 Å². The summed E-state index contributed by atoms with van der Waals surface area (Å²) < 4.78 is 10.5. The maximum atomic E-state index is 12.4. The molecule has 0 saturated carbocycles. The number of anilines is 1. The third-order valence-electron chi connectivity index (χ3n) is 3.60. The monoisotopic (exact) mass is 313 g/mol. The summed E-state index contributed by atoms with van der Waals surface area (Å²) in [6.07, 6.45) is 3.83. The lowest BCUT2D eigenvalue weighted by Crippen LogP contribution is -2.41. The van der Waals surface area contributed by atoms with Crippen LogP contribution in [0.5, 0.6) is 5.75 Å². The molecule has 5 heteroatoms. The second-order valence-corrected chi connectivity index (χ2v) is 5.60. The molecular weight excluding hydrogens is 290 g/mol. The molecule has 1 aromatic rings. The molecule has 0 saturated heterocycles. The van der Waals surface area contributed by atoms with E-state index in [1.807, 2.05) is 6.92 Å². The van der Waals surface area contributed by atoms with Crippen molar-refractivity contribution in [1.29, 1.82) is 0 Å². The zero-order chi connectivity index (χ0) is 15.9. The molecule has 1 rings (SSSR count). The Morgan fingerprint density at radius 2 is 2.05 bits per heavy atom. The van der Waals surface area contributed by atoms with E-state index in [1.165, 1.54) is 0 Å². The number of rotatable bonds is 8. The van der Waals surface area contributed by atoms with Crippen LogP contribution >= 0.6 is 11.6 Å². The topological polar surface area (TPSA) is 47.6 Å². The highest BCUT2D eigenvalue weighted by atomic mass is 35.5. The Hall–Kier alpha value is -1.26. The van der Waals surface area contributed by atoms with Crippen molar-refractivity contribution in [2.75, 3.05) is 19.5 Å². The molecule has 118 valence electrons. The van der Waals surface area contributed by atoms with E-state index in [0.29, 0.717) is 22.9 Å². The van der Waals surface area contributed by atoms with Crippen molar-refractivity contribution in [3.8, 4) is 5.75 Å². The van der Waals surface area contributed by atoms with E-state index in [2.05, 4.69) is 12.2 Å². The first-order valence-corrected chi connectivity index (χ1v) is 7.54. The molecule has 1 unspecified atom stereocenters. The third kappa shape index (κ3) is 4.90. The SMILES string of the molecule is CCCCCC(C)(OC)C(=O)Nc1ccc(OC)c(Cl)c1. The third-order valence-corrected chi connectivity index (χ3v) is 3.89. The molecular formula is C16H24ClNO3. The maximum absolute atomic E-state index is 12.4. The van der Waals surface area contributed by atoms with Crippen LogP contribution in [0, 0.1) is 0 Å². The van der Waals surface area contributed by atoms with Crippen molar-refractivity contribution < 1.29 is 14.3 Å². The summed E-state index contributed by atoms with van der Waals surface area (Å²) in [6, 6.07) is 5.14. The van der Waals surface area contributed by atoms with Crippen molar-refractivity contribution in [3.05, 3.63) is 23.2 Å². The van der Waals surface area contributed by atoms with Gasteiger partial charge in [0.15, 0.2) is 0 Å². The Kier molecular flexibility index (Phi) is 6.99. The summed E-state index contributed by atoms with van der Waals surface area (Å²) in [7, 11) is 3.11. The van der Waals surface area contributed by atoms with Crippen LogP contribution in [-0.4, -0.2) is 25.7 Å². The quantitative estimate of drug-likeness (QED) is 0.729. The van der Waals surface area contributed by atoms with Crippen molar-refractivity contribution in [2.24, 2.45) is 0 Å². The van der Waals surface area contributed by atoms with Gasteiger partial charge in [-0.05, 0) is 31.5 Å². The minimum atomic E-state index is -0.832. The zero-order valence-corrected chi connectivity index (χ0v) is 13.9. The van der Waals surface area contributed by atoms with Crippen LogP contribution in [0.1, 0.15) is 39.5 Å². The van der Waals surface area contributed by atoms with Crippen LogP contribution in [0.25, 0.3) is 0 Å². The molecule has 21 heavy (non-hydrogen) atoms. The van der Waals surface area contributed by atoms with E-state index in [-0.39, 0.29) is 5.91 Å². The van der Waals surface area contributed by atoms with E-state index in [1.54, 1.807) is 32.4 Å². The molecule has 0 aromatic heterocycles. The van der Waals surface area contributed by atoms with E-state index in [0.717, 1.165) is 19.3 Å². The number of ether oxygens (including phenoxy) is 2. The Balaban J connectivity index is 2.75. The number of hydrogen-bond donors (Lipinski definition) is 1. The van der Waals surface area contributed by atoms with E-state index in [4.69, 9.17) is 21.1 Å². The van der Waals surface area contributed by atoms with Gasteiger partial charge in [-0.3, -0.25) is 4.79 Å². The lowest BCUT2D eigenvalue weighted by atomic mass is 9.97. The predicted molar refractivity (Wildman–Crippen MR) is 86.2 cm³/mol. The highest BCUT2D eigenvalue weighted by molar-refractivity contribution is 6.32. The van der Waals surface area contributed by atoms with E-state index in [9.17, 15) is 4.79 Å². The Bertz CT molecular complexity index is 479. The van der Waals surface area contributed by atoms with Gasteiger partial charge >= 0.3 is 0 Å². The second-order valence-electron chi connectivity index (χ2n) is 5.20. The smallest absolute Gasteiger partial charge is 0.256 e. The first kappa shape index (κ1) is 17.8. The highest BCUT2D eigenvalue weighted by Gasteiger charge is 2.32. The van der Waals surface area contributed by atoms with Gasteiger partial charge in [0.2, 0.25) is 0 Å². The lowest BCUT2D eigenvalue weighted by molar-refractivity contribution is -0.136. The van der Waals surface area contributed by atoms with Crippen molar-refractivity contribution in [3.63, 3.8) is 0 Å². The molecule has 0 fully saturated rings. The Labute approximate surface area is 131 Å². The zero-order valence-electron chi connectivity index (χ0n) is 13.2. The van der Waals surface area contributed by atoms with Crippen molar-refractivity contribution in [1.82, 2.24) is 0 Å². The fraction of sp³-hybridized carbons (Fsp3) is 0.562. The second kappa shape index (κ2) is 8.25. The highest BCUT2D eigenvalue weighted by Crippen LogP contribution is 2.28. The van der Waals surface area contributed by atoms with Crippen LogP contribution in [0.15, 0.2) is 18.2 Å². The Morgan fingerprint density at radius 1 is 1.33 bits per heavy atom. The fourth-order valence-corrected chi connectivity index (χ4v) is 2.29. The minimum Gasteiger partial charge on any atom is -0.495 e. The molecule has 0 aliphatic rings. The molecule has 0 bridgehead atoms. The molecule has 4 nitrogen and oxygen atoms in total. The molecule has 1 N–H and O–H groups in total. The molecule has 0 aliphatic carbocycles. The number of amides is 1. The first-order valence-electron chi connectivity index (χ1n) is 7.17. The van der Waals surface area contributed by atoms with Gasteiger partial charge < -0.3 is 14.8 Å². The van der Waals surface area contributed by atoms with Crippen molar-refractivity contribution >= 4 is 23.2 Å². The van der Waals surface area contributed by atoms with Gasteiger partial charge in [-0.15, -0.1) is 0 Å². The number of benzene rings is 1. The Morgan fingerprint density at radius 3 is 2.57 bits per heavy atom. The van der Waals surface area contributed by atoms with Gasteiger partial charge in [-0.25, -0.2) is 0 Å². The molecule has 1 atom stereocenters.